The minimum Gasteiger partial charge on any atom is -0.481 e. The molecule has 5 atom stereocenters. The molecular weight excluding hydrogens is 380 g/mol. The van der Waals surface area contributed by atoms with Crippen LogP contribution in [-0.2, 0) is 24.0 Å². The van der Waals surface area contributed by atoms with Gasteiger partial charge in [0.2, 0.25) is 17.7 Å². The minimum atomic E-state index is -1.56. The molecule has 0 bridgehead atoms. The Morgan fingerprint density at radius 1 is 0.929 bits per heavy atom. The van der Waals surface area contributed by atoms with Crippen molar-refractivity contribution in [2.75, 3.05) is 6.61 Å². The molecule has 13 nitrogen and oxygen atoms in total. The number of carbonyl (C=O) groups excluding carboxylic acids is 3. The molecule has 0 radical (unpaired) electrons. The maximum atomic E-state index is 12.2. The Morgan fingerprint density at radius 2 is 1.50 bits per heavy atom. The summed E-state index contributed by atoms with van der Waals surface area (Å²) < 4.78 is 0. The molecule has 0 unspecified atom stereocenters. The summed E-state index contributed by atoms with van der Waals surface area (Å²) in [6, 6.07) is -5.54. The third-order valence-electron chi connectivity index (χ3n) is 3.62. The summed E-state index contributed by atoms with van der Waals surface area (Å²) in [6.07, 6.45) is -1.94. The van der Waals surface area contributed by atoms with Gasteiger partial charge in [-0.05, 0) is 20.3 Å². The molecule has 0 aromatic heterocycles. The van der Waals surface area contributed by atoms with Crippen LogP contribution in [0.1, 0.15) is 26.7 Å². The highest BCUT2D eigenvalue weighted by molar-refractivity contribution is 5.94. The highest BCUT2D eigenvalue weighted by Crippen LogP contribution is 2.00. The van der Waals surface area contributed by atoms with Gasteiger partial charge in [0.15, 0.2) is 0 Å². The Hall–Kier alpha value is -2.77. The van der Waals surface area contributed by atoms with Gasteiger partial charge in [0.1, 0.15) is 18.1 Å². The molecule has 0 spiro atoms. The van der Waals surface area contributed by atoms with E-state index in [0.29, 0.717) is 0 Å². The predicted octanol–water partition coefficient (Wildman–Crippen LogP) is -3.89. The molecule has 0 aromatic rings. The van der Waals surface area contributed by atoms with Crippen molar-refractivity contribution in [1.82, 2.24) is 16.0 Å². The van der Waals surface area contributed by atoms with E-state index in [1.807, 2.05) is 5.32 Å². The lowest BCUT2D eigenvalue weighted by Crippen LogP contribution is -2.59. The monoisotopic (exact) mass is 406 g/mol. The molecule has 9 N–H and O–H groups in total. The van der Waals surface area contributed by atoms with Gasteiger partial charge in [-0.2, -0.15) is 0 Å². The summed E-state index contributed by atoms with van der Waals surface area (Å²) in [7, 11) is 0. The van der Waals surface area contributed by atoms with Crippen LogP contribution >= 0.6 is 0 Å². The number of aliphatic hydroxyl groups excluding tert-OH is 2. The van der Waals surface area contributed by atoms with E-state index in [-0.39, 0.29) is 12.8 Å². The van der Waals surface area contributed by atoms with E-state index < -0.39 is 66.5 Å². The molecule has 0 aliphatic carbocycles. The van der Waals surface area contributed by atoms with Crippen molar-refractivity contribution in [3.8, 4) is 0 Å². The van der Waals surface area contributed by atoms with Crippen LogP contribution in [0.5, 0.6) is 0 Å². The first kappa shape index (κ1) is 25.2. The summed E-state index contributed by atoms with van der Waals surface area (Å²) in [5, 5.41) is 42.3. The number of nitrogens with one attached hydrogen (secondary N) is 3. The first-order valence-electron chi connectivity index (χ1n) is 8.30. The molecule has 160 valence electrons. The second-order valence-corrected chi connectivity index (χ2v) is 6.08. The van der Waals surface area contributed by atoms with Crippen molar-refractivity contribution in [3.05, 3.63) is 0 Å². The number of carbonyl (C=O) groups is 5. The van der Waals surface area contributed by atoms with Gasteiger partial charge in [0.05, 0.1) is 18.8 Å². The van der Waals surface area contributed by atoms with E-state index in [1.54, 1.807) is 0 Å². The average Bonchev–Trinajstić information content (AvgIpc) is 2.60. The first-order chi connectivity index (χ1) is 12.9. The maximum absolute atomic E-state index is 12.2. The van der Waals surface area contributed by atoms with Crippen LogP contribution in [0.4, 0.5) is 0 Å². The van der Waals surface area contributed by atoms with Crippen LogP contribution in [0.3, 0.4) is 0 Å². The summed E-state index contributed by atoms with van der Waals surface area (Å²) in [5.41, 5.74) is 5.53. The fourth-order valence-electron chi connectivity index (χ4n) is 1.93. The van der Waals surface area contributed by atoms with Crippen LogP contribution in [-0.4, -0.2) is 87.0 Å². The van der Waals surface area contributed by atoms with E-state index in [9.17, 15) is 29.1 Å². The molecule has 0 aliphatic heterocycles. The summed E-state index contributed by atoms with van der Waals surface area (Å²) in [5.74, 6) is -5.36. The lowest BCUT2D eigenvalue weighted by atomic mass is 10.1. The van der Waals surface area contributed by atoms with Crippen LogP contribution in [0, 0.1) is 0 Å². The van der Waals surface area contributed by atoms with E-state index in [1.165, 1.54) is 13.8 Å². The first-order valence-corrected chi connectivity index (χ1v) is 8.30. The van der Waals surface area contributed by atoms with Crippen molar-refractivity contribution >= 4 is 29.7 Å². The lowest BCUT2D eigenvalue weighted by molar-refractivity contribution is -0.143. The maximum Gasteiger partial charge on any atom is 0.328 e. The predicted molar refractivity (Wildman–Crippen MR) is 92.7 cm³/mol. The smallest absolute Gasteiger partial charge is 0.328 e. The number of carboxylic acid groups (broad SMARTS) is 2. The number of carboxylic acids is 2. The number of hydrogen-bond acceptors (Lipinski definition) is 8. The van der Waals surface area contributed by atoms with E-state index >= 15 is 0 Å². The van der Waals surface area contributed by atoms with Crippen LogP contribution < -0.4 is 21.7 Å². The Labute approximate surface area is 160 Å². The Balaban J connectivity index is 4.89. The topological polar surface area (TPSA) is 228 Å². The van der Waals surface area contributed by atoms with Gasteiger partial charge in [-0.3, -0.25) is 19.2 Å². The SMILES string of the molecule is C[C@H](NC(=O)[C@@H](NC(=O)[C@@H](N)CCC(=O)O)[C@@H](C)O)C(=O)N[C@@H](CO)C(=O)O. The normalized spacial score (nSPS) is 16.0. The minimum absolute atomic E-state index is 0.189. The number of aliphatic hydroxyl groups is 2. The molecule has 0 saturated carbocycles. The third-order valence-corrected chi connectivity index (χ3v) is 3.62. The van der Waals surface area contributed by atoms with E-state index in [0.717, 1.165) is 0 Å². The summed E-state index contributed by atoms with van der Waals surface area (Å²) >= 11 is 0. The molecular formula is C15H26N4O9. The van der Waals surface area contributed by atoms with Crippen molar-refractivity contribution in [2.24, 2.45) is 5.73 Å². The Kier molecular flexibility index (Phi) is 10.7. The third kappa shape index (κ3) is 8.75. The van der Waals surface area contributed by atoms with Crippen LogP contribution in [0.15, 0.2) is 0 Å². The average molecular weight is 406 g/mol. The van der Waals surface area contributed by atoms with Gasteiger partial charge in [-0.15, -0.1) is 0 Å². The highest BCUT2D eigenvalue weighted by atomic mass is 16.4. The fourth-order valence-corrected chi connectivity index (χ4v) is 1.93. The molecule has 0 aromatic carbocycles. The van der Waals surface area contributed by atoms with Crippen LogP contribution in [0.2, 0.25) is 0 Å². The Morgan fingerprint density at radius 3 is 1.93 bits per heavy atom. The molecule has 0 aliphatic rings. The Bertz CT molecular complexity index is 596. The summed E-state index contributed by atoms with van der Waals surface area (Å²) in [4.78, 5) is 57.4. The number of aliphatic carboxylic acids is 2. The van der Waals surface area contributed by atoms with Crippen molar-refractivity contribution < 1.29 is 44.4 Å². The zero-order chi connectivity index (χ0) is 22.0. The molecule has 28 heavy (non-hydrogen) atoms. The van der Waals surface area contributed by atoms with Gasteiger partial charge in [0, 0.05) is 6.42 Å². The van der Waals surface area contributed by atoms with Crippen LogP contribution in [0.25, 0.3) is 0 Å². The van der Waals surface area contributed by atoms with Gasteiger partial charge in [-0.25, -0.2) is 4.79 Å². The number of hydrogen-bond donors (Lipinski definition) is 8. The fraction of sp³-hybridized carbons (Fsp3) is 0.667. The van der Waals surface area contributed by atoms with E-state index in [2.05, 4.69) is 10.6 Å². The van der Waals surface area contributed by atoms with Gasteiger partial charge >= 0.3 is 11.9 Å². The second-order valence-electron chi connectivity index (χ2n) is 6.08. The van der Waals surface area contributed by atoms with Gasteiger partial charge in [-0.1, -0.05) is 0 Å². The zero-order valence-corrected chi connectivity index (χ0v) is 15.4. The van der Waals surface area contributed by atoms with Gasteiger partial charge < -0.3 is 42.1 Å². The van der Waals surface area contributed by atoms with Crippen molar-refractivity contribution in [3.63, 3.8) is 0 Å². The number of rotatable bonds is 12. The molecule has 0 rings (SSSR count). The number of amides is 3. The molecule has 0 fully saturated rings. The van der Waals surface area contributed by atoms with E-state index in [4.69, 9.17) is 21.1 Å². The zero-order valence-electron chi connectivity index (χ0n) is 15.4. The molecule has 3 amide bonds. The lowest BCUT2D eigenvalue weighted by Gasteiger charge is -2.24. The second kappa shape index (κ2) is 11.8. The highest BCUT2D eigenvalue weighted by Gasteiger charge is 2.30. The summed E-state index contributed by atoms with van der Waals surface area (Å²) in [6.45, 7) is 1.57. The molecule has 0 heterocycles. The van der Waals surface area contributed by atoms with Crippen molar-refractivity contribution in [1.29, 1.82) is 0 Å². The quantitative estimate of drug-likeness (QED) is 0.157. The largest absolute Gasteiger partial charge is 0.481 e. The molecule has 0 saturated heterocycles. The van der Waals surface area contributed by atoms with Crippen molar-refractivity contribution in [2.45, 2.75) is 57.0 Å². The number of nitrogens with two attached hydrogens (primary N) is 1. The van der Waals surface area contributed by atoms with Gasteiger partial charge in [0.25, 0.3) is 0 Å². The standard InChI is InChI=1S/C15H26N4O9/c1-6(12(24)18-9(5-20)15(27)28)17-14(26)11(7(2)21)19-13(25)8(16)3-4-10(22)23/h6-9,11,20-21H,3-5,16H2,1-2H3,(H,17,26)(H,18,24)(H,19,25)(H,22,23)(H,27,28)/t6-,7+,8-,9-,11-/m0/s1. The molecule has 13 heteroatoms.